The van der Waals surface area contributed by atoms with E-state index in [4.69, 9.17) is 0 Å². The van der Waals surface area contributed by atoms with E-state index in [9.17, 15) is 9.59 Å². The van der Waals surface area contributed by atoms with E-state index in [1.165, 1.54) is 19.3 Å². The summed E-state index contributed by atoms with van der Waals surface area (Å²) in [4.78, 5) is 20.6. The quantitative estimate of drug-likeness (QED) is 0.355. The summed E-state index contributed by atoms with van der Waals surface area (Å²) in [5, 5.41) is 0. The van der Waals surface area contributed by atoms with Crippen molar-refractivity contribution in [3.05, 3.63) is 25.0 Å². The monoisotopic (exact) mass is 170 g/mol. The summed E-state index contributed by atoms with van der Waals surface area (Å²) in [6.07, 6.45) is 3.63. The van der Waals surface area contributed by atoms with Gasteiger partial charge in [-0.1, -0.05) is 6.58 Å². The van der Waals surface area contributed by atoms with Gasteiger partial charge in [-0.05, 0) is 6.08 Å². The molecule has 0 saturated carbocycles. The molecule has 0 heterocycles. The molecule has 0 aliphatic carbocycles. The number of ether oxygens (including phenoxy) is 2. The van der Waals surface area contributed by atoms with Crippen molar-refractivity contribution >= 4 is 11.9 Å². The van der Waals surface area contributed by atoms with Gasteiger partial charge in [0.05, 0.1) is 6.26 Å². The molecule has 0 spiro atoms. The summed E-state index contributed by atoms with van der Waals surface area (Å²) < 4.78 is 8.96. The highest BCUT2D eigenvalue weighted by atomic mass is 16.5. The smallest absolute Gasteiger partial charge is 0.330 e. The molecule has 66 valence electrons. The average Bonchev–Trinajstić information content (AvgIpc) is 2.03. The van der Waals surface area contributed by atoms with Gasteiger partial charge in [-0.15, -0.1) is 0 Å². The van der Waals surface area contributed by atoms with Gasteiger partial charge >= 0.3 is 11.9 Å². The zero-order valence-electron chi connectivity index (χ0n) is 6.78. The second-order valence-corrected chi connectivity index (χ2v) is 1.82. The largest absolute Gasteiger partial charge is 0.458 e. The molecule has 0 bridgehead atoms. The van der Waals surface area contributed by atoms with Gasteiger partial charge in [-0.2, -0.15) is 0 Å². The van der Waals surface area contributed by atoms with Crippen LogP contribution in [0.1, 0.15) is 6.92 Å². The van der Waals surface area contributed by atoms with E-state index in [0.29, 0.717) is 0 Å². The maximum absolute atomic E-state index is 10.4. The molecule has 0 fully saturated rings. The Morgan fingerprint density at radius 3 is 2.67 bits per heavy atom. The molecule has 0 N–H and O–H groups in total. The lowest BCUT2D eigenvalue weighted by atomic mass is 10.6. The third kappa shape index (κ3) is 6.54. The Morgan fingerprint density at radius 2 is 2.17 bits per heavy atom. The summed E-state index contributed by atoms with van der Waals surface area (Å²) in [5.74, 6) is -0.927. The van der Waals surface area contributed by atoms with Crippen molar-refractivity contribution in [3.8, 4) is 0 Å². The highest BCUT2D eigenvalue weighted by Gasteiger charge is 1.90. The first-order chi connectivity index (χ1) is 5.66. The third-order valence-corrected chi connectivity index (χ3v) is 0.819. The molecule has 0 unspecified atom stereocenters. The first kappa shape index (κ1) is 10.4. The molecule has 0 amide bonds. The van der Waals surface area contributed by atoms with Crippen LogP contribution in [0, 0.1) is 0 Å². The van der Waals surface area contributed by atoms with Gasteiger partial charge in [0.1, 0.15) is 6.61 Å². The van der Waals surface area contributed by atoms with Crippen molar-refractivity contribution < 1.29 is 19.1 Å². The van der Waals surface area contributed by atoms with Gasteiger partial charge in [-0.3, -0.25) is 4.79 Å². The van der Waals surface area contributed by atoms with Crippen molar-refractivity contribution in [2.24, 2.45) is 0 Å². The minimum absolute atomic E-state index is 0.0676. The third-order valence-electron chi connectivity index (χ3n) is 0.819. The van der Waals surface area contributed by atoms with E-state index in [1.807, 2.05) is 0 Å². The summed E-state index contributed by atoms with van der Waals surface area (Å²) in [7, 11) is 0. The molecule has 0 aromatic heterocycles. The zero-order valence-corrected chi connectivity index (χ0v) is 6.78. The van der Waals surface area contributed by atoms with Crippen LogP contribution in [0.3, 0.4) is 0 Å². The molecule has 4 nitrogen and oxygen atoms in total. The van der Waals surface area contributed by atoms with Crippen molar-refractivity contribution in [2.45, 2.75) is 6.92 Å². The van der Waals surface area contributed by atoms with Crippen LogP contribution in [0.15, 0.2) is 25.0 Å². The highest BCUT2D eigenvalue weighted by molar-refractivity contribution is 5.81. The predicted molar refractivity (Wildman–Crippen MR) is 42.1 cm³/mol. The molecule has 0 atom stereocenters. The number of hydrogen-bond acceptors (Lipinski definition) is 4. The minimum atomic E-state index is -0.512. The minimum Gasteiger partial charge on any atom is -0.458 e. The normalized spacial score (nSPS) is 9.42. The molecule has 0 aromatic carbocycles. The molecular weight excluding hydrogens is 160 g/mol. The Labute approximate surface area is 70.5 Å². The van der Waals surface area contributed by atoms with Gasteiger partial charge in [0.15, 0.2) is 0 Å². The van der Waals surface area contributed by atoms with E-state index >= 15 is 0 Å². The number of hydrogen-bond donors (Lipinski definition) is 0. The Morgan fingerprint density at radius 1 is 1.50 bits per heavy atom. The lowest BCUT2D eigenvalue weighted by Gasteiger charge is -1.94. The van der Waals surface area contributed by atoms with Crippen LogP contribution in [0.25, 0.3) is 0 Å². The van der Waals surface area contributed by atoms with E-state index in [2.05, 4.69) is 16.1 Å². The lowest BCUT2D eigenvalue weighted by molar-refractivity contribution is -0.136. The fourth-order valence-corrected chi connectivity index (χ4v) is 0.372. The number of rotatable bonds is 4. The van der Waals surface area contributed by atoms with Crippen molar-refractivity contribution in [2.75, 3.05) is 6.61 Å². The Hall–Kier alpha value is -1.58. The van der Waals surface area contributed by atoms with Crippen LogP contribution < -0.4 is 0 Å². The maximum Gasteiger partial charge on any atom is 0.330 e. The maximum atomic E-state index is 10.4. The number of carbonyl (C=O) groups is 2. The first-order valence-corrected chi connectivity index (χ1v) is 3.28. The van der Waals surface area contributed by atoms with Gasteiger partial charge < -0.3 is 9.47 Å². The molecule has 4 heteroatoms. The molecule has 0 rings (SSSR count). The molecule has 0 saturated heterocycles. The van der Waals surface area contributed by atoms with Crippen LogP contribution in [-0.2, 0) is 19.1 Å². The fraction of sp³-hybridized carbons (Fsp3) is 0.250. The SMILES string of the molecule is C=CC(=O)OCC=COC(C)=O. The lowest BCUT2D eigenvalue weighted by Crippen LogP contribution is -1.99. The summed E-state index contributed by atoms with van der Waals surface area (Å²) >= 11 is 0. The summed E-state index contributed by atoms with van der Waals surface area (Å²) in [5.41, 5.74) is 0. The van der Waals surface area contributed by atoms with Gasteiger partial charge in [0, 0.05) is 13.0 Å². The standard InChI is InChI=1S/C8H10O4/c1-3-8(10)12-6-4-5-11-7(2)9/h3-5H,1,6H2,2H3. The van der Waals surface area contributed by atoms with E-state index in [-0.39, 0.29) is 6.61 Å². The van der Waals surface area contributed by atoms with Gasteiger partial charge in [-0.25, -0.2) is 4.79 Å². The molecule has 12 heavy (non-hydrogen) atoms. The van der Waals surface area contributed by atoms with E-state index in [1.54, 1.807) is 0 Å². The molecule has 0 aromatic rings. The van der Waals surface area contributed by atoms with Crippen LogP contribution in [0.4, 0.5) is 0 Å². The summed E-state index contributed by atoms with van der Waals surface area (Å²) in [6, 6.07) is 0. The van der Waals surface area contributed by atoms with Crippen molar-refractivity contribution in [3.63, 3.8) is 0 Å². The number of esters is 2. The van der Waals surface area contributed by atoms with Gasteiger partial charge in [0.2, 0.25) is 0 Å². The second kappa shape index (κ2) is 6.15. The molecular formula is C8H10O4. The predicted octanol–water partition coefficient (Wildman–Crippen LogP) is 0.792. The number of carbonyl (C=O) groups excluding carboxylic acids is 2. The zero-order chi connectivity index (χ0) is 9.40. The highest BCUT2D eigenvalue weighted by Crippen LogP contribution is 1.83. The summed E-state index contributed by atoms with van der Waals surface area (Å²) in [6.45, 7) is 4.55. The van der Waals surface area contributed by atoms with Gasteiger partial charge in [0.25, 0.3) is 0 Å². The van der Waals surface area contributed by atoms with Crippen LogP contribution >= 0.6 is 0 Å². The van der Waals surface area contributed by atoms with Crippen LogP contribution in [-0.4, -0.2) is 18.5 Å². The van der Waals surface area contributed by atoms with Crippen LogP contribution in [0.2, 0.25) is 0 Å². The fourth-order valence-electron chi connectivity index (χ4n) is 0.372. The first-order valence-electron chi connectivity index (χ1n) is 3.28. The van der Waals surface area contributed by atoms with Crippen molar-refractivity contribution in [1.29, 1.82) is 0 Å². The van der Waals surface area contributed by atoms with Crippen LogP contribution in [0.5, 0.6) is 0 Å². The van der Waals surface area contributed by atoms with E-state index in [0.717, 1.165) is 6.08 Å². The molecule has 0 aliphatic rings. The van der Waals surface area contributed by atoms with E-state index < -0.39 is 11.9 Å². The topological polar surface area (TPSA) is 52.6 Å². The van der Waals surface area contributed by atoms with Crippen molar-refractivity contribution in [1.82, 2.24) is 0 Å². The Kier molecular flexibility index (Phi) is 5.34. The molecule has 0 aliphatic heterocycles. The molecule has 0 radical (unpaired) electrons. The Bertz CT molecular complexity index is 205. The Balaban J connectivity index is 3.42. The second-order valence-electron chi connectivity index (χ2n) is 1.82. The average molecular weight is 170 g/mol.